The van der Waals surface area contributed by atoms with Gasteiger partial charge in [0.15, 0.2) is 23.9 Å². The maximum Gasteiger partial charge on any atom is 1.00 e. The van der Waals surface area contributed by atoms with Crippen LogP contribution in [0.5, 0.6) is 5.88 Å². The molecule has 7 N–H and O–H groups in total. The number of phosphoric ester groups is 2. The van der Waals surface area contributed by atoms with E-state index in [0.717, 1.165) is 18.6 Å². The Bertz CT molecular complexity index is 1650. The Kier molecular flexibility index (Phi) is 12.9. The molecule has 0 aromatic carbocycles. The molecule has 0 saturated carbocycles. The Balaban J connectivity index is 0.00000276. The van der Waals surface area contributed by atoms with Gasteiger partial charge in [-0.2, -0.15) is 0 Å². The van der Waals surface area contributed by atoms with Crippen molar-refractivity contribution in [2.45, 2.75) is 49.1 Å². The molecule has 2 unspecified atom stereocenters. The molecule has 5 rings (SSSR count). The van der Waals surface area contributed by atoms with E-state index >= 15 is 0 Å². The number of hydrogen-bond acceptors (Lipinski definition) is 19. The van der Waals surface area contributed by atoms with E-state index in [1.807, 2.05) is 0 Å². The van der Waals surface area contributed by atoms with Gasteiger partial charge >= 0.3 is 72.6 Å². The first-order chi connectivity index (χ1) is 20.2. The van der Waals surface area contributed by atoms with Crippen LogP contribution >= 0.6 is 15.6 Å². The van der Waals surface area contributed by atoms with E-state index in [1.165, 1.54) is 10.9 Å². The van der Waals surface area contributed by atoms with E-state index in [9.17, 15) is 49.2 Å². The van der Waals surface area contributed by atoms with Gasteiger partial charge in [-0.1, -0.05) is 0 Å². The fourth-order valence-electron chi connectivity index (χ4n) is 4.35. The monoisotopic (exact) mass is 697 g/mol. The molecular weight excluding hydrogens is 674 g/mol. The summed E-state index contributed by atoms with van der Waals surface area (Å²) in [5, 5.41) is 52.4. The molecule has 5 heterocycles. The largest absolute Gasteiger partial charge is 1.00 e. The van der Waals surface area contributed by atoms with Crippen molar-refractivity contribution < 1.29 is 126 Å². The molecule has 3 aromatic heterocycles. The number of imidazole rings is 1. The number of nitrogens with zero attached hydrogens (tertiary/aromatic N) is 6. The number of phosphoric acid groups is 2. The zero-order valence-corrected chi connectivity index (χ0v) is 29.1. The van der Waals surface area contributed by atoms with E-state index in [2.05, 4.69) is 33.3 Å². The molecule has 0 amide bonds. The third-order valence-corrected chi connectivity index (χ3v) is 8.98. The van der Waals surface area contributed by atoms with E-state index in [0.29, 0.717) is 4.57 Å². The molecule has 2 aliphatic heterocycles. The van der Waals surface area contributed by atoms with Crippen molar-refractivity contribution in [1.82, 2.24) is 29.1 Å². The van der Waals surface area contributed by atoms with Crippen LogP contribution in [-0.4, -0.2) is 104 Å². The van der Waals surface area contributed by atoms with Crippen molar-refractivity contribution >= 4 is 32.6 Å². The first kappa shape index (κ1) is 38.5. The zero-order chi connectivity index (χ0) is 31.3. The third-order valence-electron chi connectivity index (χ3n) is 6.42. The zero-order valence-electron chi connectivity index (χ0n) is 23.3. The average Bonchev–Trinajstić information content (AvgIpc) is 3.57. The first-order valence-electron chi connectivity index (χ1n) is 12.0. The molecule has 3 aromatic rings. The number of rotatable bonds is 10. The number of ether oxygens (including phenoxy) is 2. The minimum atomic E-state index is -5.67. The van der Waals surface area contributed by atoms with Gasteiger partial charge in [-0.15, -0.1) is 0 Å². The maximum atomic E-state index is 12.3. The van der Waals surface area contributed by atoms with Crippen LogP contribution in [0.4, 0.5) is 5.82 Å². The summed E-state index contributed by atoms with van der Waals surface area (Å²) in [6, 6.07) is 0.882. The van der Waals surface area contributed by atoms with Crippen LogP contribution in [0, 0.1) is 0 Å². The molecule has 26 heteroatoms. The van der Waals surface area contributed by atoms with Crippen LogP contribution in [0.15, 0.2) is 29.7 Å². The van der Waals surface area contributed by atoms with Crippen molar-refractivity contribution in [2.75, 3.05) is 18.9 Å². The smallest absolute Gasteiger partial charge is 0.858 e. The van der Waals surface area contributed by atoms with Gasteiger partial charge in [-0.25, -0.2) is 33.6 Å². The van der Waals surface area contributed by atoms with Gasteiger partial charge < -0.3 is 55.1 Å². The number of anilines is 1. The van der Waals surface area contributed by atoms with Crippen LogP contribution < -0.4 is 80.5 Å². The van der Waals surface area contributed by atoms with Crippen molar-refractivity contribution in [2.24, 2.45) is 0 Å². The molecule has 2 fully saturated rings. The molecule has 45 heavy (non-hydrogen) atoms. The number of nitrogens with two attached hydrogens (primary N) is 1. The molecule has 0 spiro atoms. The Labute approximate surface area is 295 Å². The molecule has 22 nitrogen and oxygen atoms in total. The van der Waals surface area contributed by atoms with Crippen molar-refractivity contribution in [3.63, 3.8) is 0 Å². The summed E-state index contributed by atoms with van der Waals surface area (Å²) in [4.78, 5) is 49.0. The second-order valence-electron chi connectivity index (χ2n) is 9.22. The van der Waals surface area contributed by atoms with Crippen LogP contribution in [-0.2, 0) is 32.0 Å². The number of aromatic nitrogens is 6. The summed E-state index contributed by atoms with van der Waals surface area (Å²) >= 11 is 0. The topological polar surface area (TPSA) is 332 Å². The SMILES string of the molecule is Nc1ncnc2c1ncn2[C@@H]1O[C@H](COP(=O)(O)OP(=O)([O-])OC[C@H]2O[C@@H](n3ccc([O-])nc3=O)[C@H](O)[C@@H]2O)[C@@H](O)[C@H]1O.[Na+].[Na+]. The summed E-state index contributed by atoms with van der Waals surface area (Å²) in [5.74, 6) is -0.834. The molecule has 10 atom stereocenters. The predicted molar refractivity (Wildman–Crippen MR) is 130 cm³/mol. The summed E-state index contributed by atoms with van der Waals surface area (Å²) in [7, 11) is -11.1. The van der Waals surface area contributed by atoms with E-state index in [1.54, 1.807) is 0 Å². The van der Waals surface area contributed by atoms with Gasteiger partial charge in [0.1, 0.15) is 48.5 Å². The standard InChI is InChI=1S/C19H25N7O15P2.2Na/c20-15-10-16(22-5-21-15)26(6-23-10)18-14(31)12(29)8(40-18)4-38-43(35,36)41-42(33,34)37-3-7-11(28)13(30)17(39-7)25-2-1-9(27)24-19(25)32;;/h1-2,5-8,11-14,17-18,28-31H,3-4H2,(H,33,34)(H,35,36)(H2,20,21,22)(H,24,27,32);;/q;2*+1/p-2/t7-,8-,11-,12-,13-,14-,17-,18-;;/m1../s1. The number of nitrogen functional groups attached to an aromatic ring is 1. The van der Waals surface area contributed by atoms with Crippen LogP contribution in [0.25, 0.3) is 11.2 Å². The Morgan fingerprint density at radius 1 is 0.933 bits per heavy atom. The normalized spacial score (nSPS) is 30.7. The Morgan fingerprint density at radius 2 is 1.51 bits per heavy atom. The van der Waals surface area contributed by atoms with E-state index < -0.39 is 89.5 Å². The maximum absolute atomic E-state index is 12.3. The average molecular weight is 697 g/mol. The van der Waals surface area contributed by atoms with Crippen molar-refractivity contribution in [3.8, 4) is 5.88 Å². The van der Waals surface area contributed by atoms with Gasteiger partial charge in [0.2, 0.25) is 0 Å². The Hall–Kier alpha value is -0.950. The summed E-state index contributed by atoms with van der Waals surface area (Å²) in [5.41, 5.74) is 4.93. The fourth-order valence-corrected chi connectivity index (χ4v) is 6.40. The second-order valence-corrected chi connectivity index (χ2v) is 12.2. The summed E-state index contributed by atoms with van der Waals surface area (Å²) in [6.45, 7) is -2.00. The number of aliphatic hydroxyl groups excluding tert-OH is 4. The predicted octanol–water partition coefficient (Wildman–Crippen LogP) is -10.4. The van der Waals surface area contributed by atoms with Crippen LogP contribution in [0.3, 0.4) is 0 Å². The van der Waals surface area contributed by atoms with Gasteiger partial charge in [0, 0.05) is 6.20 Å². The van der Waals surface area contributed by atoms with E-state index in [-0.39, 0.29) is 76.1 Å². The van der Waals surface area contributed by atoms with Gasteiger partial charge in [-0.05, 0) is 11.9 Å². The minimum Gasteiger partial charge on any atom is -0.858 e. The molecule has 0 bridgehead atoms. The molecule has 0 aliphatic carbocycles. The number of hydrogen-bond donors (Lipinski definition) is 6. The number of aliphatic hydroxyl groups is 4. The van der Waals surface area contributed by atoms with E-state index in [4.69, 9.17) is 15.2 Å². The Morgan fingerprint density at radius 3 is 2.11 bits per heavy atom. The minimum absolute atomic E-state index is 0. The first-order valence-corrected chi connectivity index (χ1v) is 15.0. The van der Waals surface area contributed by atoms with Crippen LogP contribution in [0.2, 0.25) is 0 Å². The summed E-state index contributed by atoms with van der Waals surface area (Å²) in [6.07, 6.45) is -9.58. The quantitative estimate of drug-likeness (QED) is 0.0846. The molecule has 236 valence electrons. The van der Waals surface area contributed by atoms with Crippen molar-refractivity contribution in [1.29, 1.82) is 0 Å². The summed E-state index contributed by atoms with van der Waals surface area (Å²) < 4.78 is 50.5. The van der Waals surface area contributed by atoms with Crippen molar-refractivity contribution in [3.05, 3.63) is 35.4 Å². The molecular formula is C19H23N7Na2O15P2. The van der Waals surface area contributed by atoms with Gasteiger partial charge in [0.05, 0.1) is 19.5 Å². The second kappa shape index (κ2) is 15.1. The van der Waals surface area contributed by atoms with Gasteiger partial charge in [0.25, 0.3) is 7.82 Å². The fraction of sp³-hybridized carbons (Fsp3) is 0.526. The molecule has 2 saturated heterocycles. The van der Waals surface area contributed by atoms with Crippen LogP contribution in [0.1, 0.15) is 12.5 Å². The molecule has 2 aliphatic rings. The third kappa shape index (κ3) is 8.38. The van der Waals surface area contributed by atoms with Gasteiger partial charge in [-0.3, -0.25) is 18.2 Å². The molecule has 0 radical (unpaired) electrons. The number of fused-ring (bicyclic) bond motifs is 1.